The molecule has 0 fully saturated rings. The molecule has 0 amide bonds. The average molecular weight is 411 g/mol. The zero-order valence-electron chi connectivity index (χ0n) is 16.3. The largest absolute Gasteiger partial charge is 0.353 e. The minimum Gasteiger partial charge on any atom is -0.353 e. The summed E-state index contributed by atoms with van der Waals surface area (Å²) in [5.74, 6) is 0.578. The van der Waals surface area contributed by atoms with Gasteiger partial charge in [0.05, 0.1) is 15.9 Å². The second-order valence-corrected chi connectivity index (χ2v) is 8.80. The number of pyridine rings is 1. The zero-order chi connectivity index (χ0) is 21.2. The molecule has 0 aliphatic heterocycles. The van der Waals surface area contributed by atoms with Crippen molar-refractivity contribution in [2.45, 2.75) is 17.9 Å². The first-order valence-electron chi connectivity index (χ1n) is 8.92. The van der Waals surface area contributed by atoms with Crippen LogP contribution in [0, 0.1) is 10.1 Å². The Kier molecular flexibility index (Phi) is 5.65. The van der Waals surface area contributed by atoms with E-state index >= 15 is 0 Å². The monoisotopic (exact) mass is 411 g/mol. The maximum absolute atomic E-state index is 11.7. The SMILES string of the molecule is CC(c1ccc(S(C)(=O)=O)cc1)N(C)c1ccc([N+](=O)[O-])c(-c2ccccc2)n1. The molecule has 7 nitrogen and oxygen atoms in total. The maximum atomic E-state index is 11.7. The highest BCUT2D eigenvalue weighted by molar-refractivity contribution is 7.90. The van der Waals surface area contributed by atoms with Crippen LogP contribution in [-0.2, 0) is 9.84 Å². The van der Waals surface area contributed by atoms with E-state index in [-0.39, 0.29) is 16.6 Å². The Hall–Kier alpha value is -3.26. The number of anilines is 1. The van der Waals surface area contributed by atoms with Gasteiger partial charge in [-0.25, -0.2) is 13.4 Å². The van der Waals surface area contributed by atoms with Gasteiger partial charge in [-0.3, -0.25) is 10.1 Å². The van der Waals surface area contributed by atoms with E-state index in [4.69, 9.17) is 0 Å². The van der Waals surface area contributed by atoms with Gasteiger partial charge < -0.3 is 4.90 Å². The lowest BCUT2D eigenvalue weighted by Crippen LogP contribution is -2.23. The van der Waals surface area contributed by atoms with Crippen LogP contribution in [0.5, 0.6) is 0 Å². The molecule has 2 aromatic carbocycles. The lowest BCUT2D eigenvalue weighted by Gasteiger charge is -2.27. The summed E-state index contributed by atoms with van der Waals surface area (Å²) in [5.41, 5.74) is 1.82. The Balaban J connectivity index is 1.96. The lowest BCUT2D eigenvalue weighted by atomic mass is 10.1. The summed E-state index contributed by atoms with van der Waals surface area (Å²) in [5, 5.41) is 11.4. The number of benzene rings is 2. The molecule has 1 heterocycles. The third-order valence-corrected chi connectivity index (χ3v) is 5.96. The Labute approximate surface area is 169 Å². The Morgan fingerprint density at radius 2 is 1.62 bits per heavy atom. The summed E-state index contributed by atoms with van der Waals surface area (Å²) in [6.07, 6.45) is 1.17. The van der Waals surface area contributed by atoms with Gasteiger partial charge in [0.15, 0.2) is 15.5 Å². The predicted octanol–water partition coefficient (Wildman–Crippen LogP) is 4.26. The van der Waals surface area contributed by atoms with Crippen LogP contribution in [0.1, 0.15) is 18.5 Å². The molecular weight excluding hydrogens is 390 g/mol. The van der Waals surface area contributed by atoms with E-state index in [1.54, 1.807) is 42.5 Å². The van der Waals surface area contributed by atoms with Crippen LogP contribution in [0.3, 0.4) is 0 Å². The molecule has 150 valence electrons. The summed E-state index contributed by atoms with van der Waals surface area (Å²) in [4.78, 5) is 17.7. The highest BCUT2D eigenvalue weighted by atomic mass is 32.2. The Bertz CT molecular complexity index is 1130. The van der Waals surface area contributed by atoms with Crippen molar-refractivity contribution in [3.63, 3.8) is 0 Å². The lowest BCUT2D eigenvalue weighted by molar-refractivity contribution is -0.384. The van der Waals surface area contributed by atoms with E-state index in [0.29, 0.717) is 17.1 Å². The van der Waals surface area contributed by atoms with E-state index in [1.807, 2.05) is 37.1 Å². The minimum atomic E-state index is -3.26. The molecule has 0 spiro atoms. The molecule has 3 rings (SSSR count). The topological polar surface area (TPSA) is 93.4 Å². The molecule has 3 aromatic rings. The first kappa shape index (κ1) is 20.5. The fraction of sp³-hybridized carbons (Fsp3) is 0.190. The molecule has 29 heavy (non-hydrogen) atoms. The normalized spacial score (nSPS) is 12.4. The second kappa shape index (κ2) is 8.00. The van der Waals surface area contributed by atoms with Crippen molar-refractivity contribution in [1.82, 2.24) is 4.98 Å². The van der Waals surface area contributed by atoms with Crippen molar-refractivity contribution in [2.75, 3.05) is 18.2 Å². The van der Waals surface area contributed by atoms with Crippen LogP contribution in [-0.4, -0.2) is 31.6 Å². The molecule has 0 bridgehead atoms. The van der Waals surface area contributed by atoms with E-state index in [2.05, 4.69) is 4.98 Å². The van der Waals surface area contributed by atoms with Crippen molar-refractivity contribution in [2.24, 2.45) is 0 Å². The maximum Gasteiger partial charge on any atom is 0.295 e. The average Bonchev–Trinajstić information content (AvgIpc) is 2.72. The van der Waals surface area contributed by atoms with Crippen molar-refractivity contribution in [1.29, 1.82) is 0 Å². The molecule has 0 N–H and O–H groups in total. The van der Waals surface area contributed by atoms with Gasteiger partial charge in [-0.2, -0.15) is 0 Å². The first-order chi connectivity index (χ1) is 13.7. The molecule has 0 radical (unpaired) electrons. The van der Waals surface area contributed by atoms with Gasteiger partial charge in [0.2, 0.25) is 0 Å². The van der Waals surface area contributed by atoms with Gasteiger partial charge in [-0.05, 0) is 30.7 Å². The van der Waals surface area contributed by atoms with Gasteiger partial charge in [-0.15, -0.1) is 0 Å². The third-order valence-electron chi connectivity index (χ3n) is 4.84. The van der Waals surface area contributed by atoms with Gasteiger partial charge in [0.1, 0.15) is 5.82 Å². The molecule has 1 atom stereocenters. The predicted molar refractivity (Wildman–Crippen MR) is 113 cm³/mol. The number of nitrogens with zero attached hydrogens (tertiary/aromatic N) is 3. The minimum absolute atomic E-state index is 0.0569. The summed E-state index contributed by atoms with van der Waals surface area (Å²) >= 11 is 0. The molecule has 1 aromatic heterocycles. The van der Waals surface area contributed by atoms with Crippen molar-refractivity contribution >= 4 is 21.3 Å². The number of aromatic nitrogens is 1. The van der Waals surface area contributed by atoms with Crippen LogP contribution in [0.25, 0.3) is 11.3 Å². The molecule has 1 unspecified atom stereocenters. The Morgan fingerprint density at radius 1 is 1.00 bits per heavy atom. The summed E-state index contributed by atoms with van der Waals surface area (Å²) in [7, 11) is -1.41. The molecule has 0 aliphatic rings. The first-order valence-corrected chi connectivity index (χ1v) is 10.8. The van der Waals surface area contributed by atoms with Gasteiger partial charge in [-0.1, -0.05) is 42.5 Å². The fourth-order valence-electron chi connectivity index (χ4n) is 3.01. The fourth-order valence-corrected chi connectivity index (χ4v) is 3.64. The zero-order valence-corrected chi connectivity index (χ0v) is 17.1. The van der Waals surface area contributed by atoms with Crippen LogP contribution in [0.15, 0.2) is 71.6 Å². The number of hydrogen-bond acceptors (Lipinski definition) is 6. The van der Waals surface area contributed by atoms with E-state index in [9.17, 15) is 18.5 Å². The van der Waals surface area contributed by atoms with Gasteiger partial charge >= 0.3 is 0 Å². The third kappa shape index (κ3) is 4.43. The van der Waals surface area contributed by atoms with Crippen LogP contribution in [0.2, 0.25) is 0 Å². The molecule has 0 saturated carbocycles. The van der Waals surface area contributed by atoms with Crippen molar-refractivity contribution in [3.8, 4) is 11.3 Å². The summed E-state index contributed by atoms with van der Waals surface area (Å²) in [6, 6.07) is 18.7. The number of sulfone groups is 1. The van der Waals surface area contributed by atoms with E-state index in [0.717, 1.165) is 5.56 Å². The number of nitro groups is 1. The van der Waals surface area contributed by atoms with E-state index < -0.39 is 14.8 Å². The summed E-state index contributed by atoms with van der Waals surface area (Å²) in [6.45, 7) is 1.96. The van der Waals surface area contributed by atoms with Crippen LogP contribution < -0.4 is 4.90 Å². The highest BCUT2D eigenvalue weighted by Crippen LogP contribution is 2.32. The summed E-state index contributed by atoms with van der Waals surface area (Å²) < 4.78 is 23.3. The Morgan fingerprint density at radius 3 is 2.17 bits per heavy atom. The molecule has 0 aliphatic carbocycles. The number of hydrogen-bond donors (Lipinski definition) is 0. The van der Waals surface area contributed by atoms with Crippen LogP contribution in [0.4, 0.5) is 11.5 Å². The standard InChI is InChI=1S/C21H21N3O4S/c1-15(16-9-11-18(12-10-16)29(3,27)28)23(2)20-14-13-19(24(25)26)21(22-20)17-7-5-4-6-8-17/h4-15H,1-3H3. The highest BCUT2D eigenvalue weighted by Gasteiger charge is 2.21. The van der Waals surface area contributed by atoms with Crippen LogP contribution >= 0.6 is 0 Å². The molecule has 0 saturated heterocycles. The van der Waals surface area contributed by atoms with Gasteiger partial charge in [0.25, 0.3) is 5.69 Å². The number of rotatable bonds is 6. The van der Waals surface area contributed by atoms with Crippen molar-refractivity contribution in [3.05, 3.63) is 82.4 Å². The smallest absolute Gasteiger partial charge is 0.295 e. The van der Waals surface area contributed by atoms with Gasteiger partial charge in [0, 0.05) is 24.9 Å². The second-order valence-electron chi connectivity index (χ2n) is 6.79. The molecular formula is C21H21N3O4S. The van der Waals surface area contributed by atoms with Crippen molar-refractivity contribution < 1.29 is 13.3 Å². The van der Waals surface area contributed by atoms with E-state index in [1.165, 1.54) is 12.3 Å². The quantitative estimate of drug-likeness (QED) is 0.444. The molecule has 8 heteroatoms.